The molecule has 0 aliphatic carbocycles. The summed E-state index contributed by atoms with van der Waals surface area (Å²) in [7, 11) is 0. The van der Waals surface area contributed by atoms with Gasteiger partial charge in [-0.3, -0.25) is 0 Å². The minimum atomic E-state index is 1.08. The van der Waals surface area contributed by atoms with Crippen LogP contribution in [0.2, 0.25) is 0 Å². The Morgan fingerprint density at radius 3 is 2.52 bits per heavy atom. The maximum Gasteiger partial charge on any atom is 0.0458 e. The highest BCUT2D eigenvalue weighted by molar-refractivity contribution is 6.00. The van der Waals surface area contributed by atoms with Crippen LogP contribution in [-0.2, 0) is 6.42 Å². The first kappa shape index (κ1) is 12.5. The molecule has 1 heterocycles. The average molecular weight is 273 g/mol. The molecule has 0 unspecified atom stereocenters. The van der Waals surface area contributed by atoms with Crippen molar-refractivity contribution in [2.24, 2.45) is 0 Å². The molecule has 1 aliphatic rings. The van der Waals surface area contributed by atoms with Crippen LogP contribution >= 0.6 is 0 Å². The molecule has 1 N–H and O–H groups in total. The number of rotatable bonds is 1. The second kappa shape index (κ2) is 5.25. The molecule has 0 aromatic heterocycles. The van der Waals surface area contributed by atoms with Crippen LogP contribution in [0.4, 0.5) is 5.69 Å². The van der Waals surface area contributed by atoms with E-state index in [-0.39, 0.29) is 0 Å². The summed E-state index contributed by atoms with van der Waals surface area (Å²) in [6.07, 6.45) is 3.67. The third-order valence-corrected chi connectivity index (χ3v) is 4.40. The van der Waals surface area contributed by atoms with E-state index in [1.807, 2.05) is 0 Å². The van der Waals surface area contributed by atoms with Gasteiger partial charge in [0.25, 0.3) is 0 Å². The molecule has 4 rings (SSSR count). The van der Waals surface area contributed by atoms with Gasteiger partial charge in [-0.15, -0.1) is 0 Å². The van der Waals surface area contributed by atoms with Crippen molar-refractivity contribution in [1.29, 1.82) is 0 Å². The highest BCUT2D eigenvalue weighted by Gasteiger charge is 2.16. The third-order valence-electron chi connectivity index (χ3n) is 4.40. The number of anilines is 1. The van der Waals surface area contributed by atoms with Crippen LogP contribution in [0.3, 0.4) is 0 Å². The molecule has 3 aromatic carbocycles. The molecule has 21 heavy (non-hydrogen) atoms. The number of nitrogens with one attached hydrogen (secondary N) is 1. The molecule has 0 fully saturated rings. The topological polar surface area (TPSA) is 12.0 Å². The van der Waals surface area contributed by atoms with Gasteiger partial charge in [-0.1, -0.05) is 54.6 Å². The van der Waals surface area contributed by atoms with Gasteiger partial charge in [0, 0.05) is 17.6 Å². The average Bonchev–Trinajstić information content (AvgIpc) is 2.81. The standard InChI is InChI=1S/C20H19N/c1-2-8-15(9-3-1)19-14-16-10-4-5-11-17(16)20-18(19)12-6-7-13-21-20/h1-5,8-11,14,21H,6-7,12-13H2. The van der Waals surface area contributed by atoms with E-state index in [1.54, 1.807) is 0 Å². The Labute approximate surface area is 125 Å². The van der Waals surface area contributed by atoms with Crippen molar-refractivity contribution < 1.29 is 0 Å². The van der Waals surface area contributed by atoms with Gasteiger partial charge in [0.2, 0.25) is 0 Å². The number of fused-ring (bicyclic) bond motifs is 3. The zero-order valence-corrected chi connectivity index (χ0v) is 12.1. The molecule has 1 aliphatic heterocycles. The molecule has 0 bridgehead atoms. The minimum absolute atomic E-state index is 1.08. The maximum atomic E-state index is 3.68. The van der Waals surface area contributed by atoms with Crippen LogP contribution in [0.1, 0.15) is 18.4 Å². The van der Waals surface area contributed by atoms with E-state index < -0.39 is 0 Å². The van der Waals surface area contributed by atoms with E-state index in [1.165, 1.54) is 46.0 Å². The lowest BCUT2D eigenvalue weighted by Crippen LogP contribution is -2.01. The summed E-state index contributed by atoms with van der Waals surface area (Å²) in [5.74, 6) is 0. The molecule has 0 saturated heterocycles. The van der Waals surface area contributed by atoms with Crippen LogP contribution in [0.25, 0.3) is 21.9 Å². The van der Waals surface area contributed by atoms with Gasteiger partial charge in [-0.2, -0.15) is 0 Å². The van der Waals surface area contributed by atoms with Gasteiger partial charge in [0.15, 0.2) is 0 Å². The van der Waals surface area contributed by atoms with Crippen molar-refractivity contribution in [3.05, 3.63) is 66.2 Å². The highest BCUT2D eigenvalue weighted by atomic mass is 14.9. The summed E-state index contributed by atoms with van der Waals surface area (Å²) in [5, 5.41) is 6.36. The molecule has 0 atom stereocenters. The zero-order chi connectivity index (χ0) is 14.1. The van der Waals surface area contributed by atoms with Gasteiger partial charge in [0.1, 0.15) is 0 Å². The Bertz CT molecular complexity index is 774. The lowest BCUT2D eigenvalue weighted by Gasteiger charge is -2.17. The van der Waals surface area contributed by atoms with Gasteiger partial charge in [0.05, 0.1) is 0 Å². The summed E-state index contributed by atoms with van der Waals surface area (Å²) in [6, 6.07) is 21.8. The first-order valence-electron chi connectivity index (χ1n) is 7.77. The lowest BCUT2D eigenvalue weighted by molar-refractivity contribution is 0.786. The fourth-order valence-electron chi connectivity index (χ4n) is 3.37. The number of hydrogen-bond acceptors (Lipinski definition) is 1. The van der Waals surface area contributed by atoms with E-state index in [0.29, 0.717) is 0 Å². The molecule has 0 spiro atoms. The smallest absolute Gasteiger partial charge is 0.0458 e. The second-order valence-electron chi connectivity index (χ2n) is 5.75. The fourth-order valence-corrected chi connectivity index (χ4v) is 3.37. The van der Waals surface area contributed by atoms with E-state index in [4.69, 9.17) is 0 Å². The first-order chi connectivity index (χ1) is 10.4. The molecular weight excluding hydrogens is 254 g/mol. The maximum absolute atomic E-state index is 3.68. The van der Waals surface area contributed by atoms with Crippen LogP contribution in [0.5, 0.6) is 0 Å². The predicted molar refractivity (Wildman–Crippen MR) is 90.8 cm³/mol. The molecule has 0 amide bonds. The first-order valence-corrected chi connectivity index (χ1v) is 7.77. The van der Waals surface area contributed by atoms with Gasteiger partial charge in [-0.25, -0.2) is 0 Å². The van der Waals surface area contributed by atoms with Crippen LogP contribution < -0.4 is 5.32 Å². The van der Waals surface area contributed by atoms with Crippen molar-refractivity contribution in [3.8, 4) is 11.1 Å². The van der Waals surface area contributed by atoms with Crippen LogP contribution in [-0.4, -0.2) is 6.54 Å². The largest absolute Gasteiger partial charge is 0.384 e. The van der Waals surface area contributed by atoms with E-state index in [9.17, 15) is 0 Å². The molecule has 0 saturated carbocycles. The number of benzene rings is 3. The molecule has 104 valence electrons. The Morgan fingerprint density at radius 2 is 1.62 bits per heavy atom. The van der Waals surface area contributed by atoms with Crippen LogP contribution in [0.15, 0.2) is 60.7 Å². The van der Waals surface area contributed by atoms with Gasteiger partial charge < -0.3 is 5.32 Å². The summed E-state index contributed by atoms with van der Waals surface area (Å²) in [6.45, 7) is 1.08. The molecule has 1 nitrogen and oxygen atoms in total. The van der Waals surface area contributed by atoms with Crippen molar-refractivity contribution in [1.82, 2.24) is 0 Å². The van der Waals surface area contributed by atoms with E-state index in [0.717, 1.165) is 13.0 Å². The Morgan fingerprint density at radius 1 is 0.810 bits per heavy atom. The minimum Gasteiger partial charge on any atom is -0.384 e. The second-order valence-corrected chi connectivity index (χ2v) is 5.75. The lowest BCUT2D eigenvalue weighted by atomic mass is 9.91. The normalized spacial score (nSPS) is 14.3. The Kier molecular flexibility index (Phi) is 3.11. The summed E-state index contributed by atoms with van der Waals surface area (Å²) in [4.78, 5) is 0. The quantitative estimate of drug-likeness (QED) is 0.638. The highest BCUT2D eigenvalue weighted by Crippen LogP contribution is 2.38. The van der Waals surface area contributed by atoms with Gasteiger partial charge >= 0.3 is 0 Å². The molecule has 3 aromatic rings. The van der Waals surface area contributed by atoms with Crippen LogP contribution in [0, 0.1) is 0 Å². The van der Waals surface area contributed by atoms with Crippen molar-refractivity contribution in [2.75, 3.05) is 11.9 Å². The monoisotopic (exact) mass is 273 g/mol. The summed E-state index contributed by atoms with van der Waals surface area (Å²) < 4.78 is 0. The van der Waals surface area contributed by atoms with E-state index >= 15 is 0 Å². The Balaban J connectivity index is 2.04. The third kappa shape index (κ3) is 2.19. The summed E-state index contributed by atoms with van der Waals surface area (Å²) in [5.41, 5.74) is 5.55. The fraction of sp³-hybridized carbons (Fsp3) is 0.200. The summed E-state index contributed by atoms with van der Waals surface area (Å²) >= 11 is 0. The predicted octanol–water partition coefficient (Wildman–Crippen LogP) is 5.26. The molecule has 1 heteroatoms. The van der Waals surface area contributed by atoms with Crippen molar-refractivity contribution in [2.45, 2.75) is 19.3 Å². The van der Waals surface area contributed by atoms with Crippen molar-refractivity contribution in [3.63, 3.8) is 0 Å². The van der Waals surface area contributed by atoms with Gasteiger partial charge in [-0.05, 0) is 47.4 Å². The number of hydrogen-bond donors (Lipinski definition) is 1. The van der Waals surface area contributed by atoms with E-state index in [2.05, 4.69) is 66.0 Å². The molecule has 0 radical (unpaired) electrons. The van der Waals surface area contributed by atoms with Crippen molar-refractivity contribution >= 4 is 16.5 Å². The zero-order valence-electron chi connectivity index (χ0n) is 12.1. The Hall–Kier alpha value is -2.28. The molecular formula is C20H19N. The SMILES string of the molecule is c1ccc(-c2cc3ccccc3c3c2CCCCN3)cc1.